The molecule has 0 fully saturated rings. The summed E-state index contributed by atoms with van der Waals surface area (Å²) in [7, 11) is 1.72. The molecule has 29 heavy (non-hydrogen) atoms. The predicted octanol–water partition coefficient (Wildman–Crippen LogP) is 2.53. The first-order valence-corrected chi connectivity index (χ1v) is 8.94. The van der Waals surface area contributed by atoms with Crippen molar-refractivity contribution in [2.45, 2.75) is 26.6 Å². The fourth-order valence-corrected chi connectivity index (χ4v) is 2.39. The Morgan fingerprint density at radius 3 is 2.66 bits per heavy atom. The number of carbonyl (C=O) groups excluding carboxylic acids is 1. The lowest BCUT2D eigenvalue weighted by Crippen LogP contribution is -2.18. The third kappa shape index (κ3) is 5.58. The minimum Gasteiger partial charge on any atom is -0.447 e. The Labute approximate surface area is 167 Å². The number of hydrogen-bond donors (Lipinski definition) is 1. The number of pyridine rings is 1. The van der Waals surface area contributed by atoms with E-state index in [9.17, 15) is 4.79 Å². The van der Waals surface area contributed by atoms with E-state index >= 15 is 0 Å². The molecule has 0 radical (unpaired) electrons. The molecule has 2 heterocycles. The van der Waals surface area contributed by atoms with Gasteiger partial charge in [-0.25, -0.2) is 14.5 Å². The first kappa shape index (κ1) is 19.9. The van der Waals surface area contributed by atoms with Crippen LogP contribution in [-0.2, 0) is 23.2 Å². The molecule has 3 aromatic rings. The number of nitrogens with zero attached hydrogens (tertiary/aromatic N) is 6. The van der Waals surface area contributed by atoms with E-state index < -0.39 is 6.09 Å². The minimum absolute atomic E-state index is 0.0936. The molecule has 3 rings (SSSR count). The number of benzene rings is 1. The number of oxime groups is 1. The summed E-state index contributed by atoms with van der Waals surface area (Å²) < 4.78 is 6.56. The first-order chi connectivity index (χ1) is 14.0. The van der Waals surface area contributed by atoms with Gasteiger partial charge < -0.3 is 9.57 Å². The standard InChI is InChI=1S/C19H21N7O3/c1-13(2)29-19(27)21-16-11-7-10-15(20-16)12-28-23-17(14-8-5-4-6-9-14)18-22-24-25-26(18)3/h4-11,13H,12H2,1-3H3,(H,20,21,27)/b23-17-. The van der Waals surface area contributed by atoms with Crippen molar-refractivity contribution in [1.29, 1.82) is 0 Å². The molecule has 0 aliphatic heterocycles. The fraction of sp³-hybridized carbons (Fsp3) is 0.263. The summed E-state index contributed by atoms with van der Waals surface area (Å²) in [4.78, 5) is 21.5. The summed E-state index contributed by atoms with van der Waals surface area (Å²) in [5.41, 5.74) is 1.89. The number of anilines is 1. The molecule has 0 unspecified atom stereocenters. The van der Waals surface area contributed by atoms with Gasteiger partial charge in [0.15, 0.2) is 12.3 Å². The molecule has 1 aromatic carbocycles. The molecular formula is C19H21N7O3. The van der Waals surface area contributed by atoms with Crippen LogP contribution in [-0.4, -0.2) is 43.1 Å². The maximum Gasteiger partial charge on any atom is 0.413 e. The molecule has 10 heteroatoms. The van der Waals surface area contributed by atoms with Gasteiger partial charge in [-0.1, -0.05) is 41.6 Å². The van der Waals surface area contributed by atoms with Gasteiger partial charge in [-0.05, 0) is 36.4 Å². The van der Waals surface area contributed by atoms with Gasteiger partial charge in [-0.2, -0.15) is 0 Å². The highest BCUT2D eigenvalue weighted by Crippen LogP contribution is 2.10. The van der Waals surface area contributed by atoms with Crippen LogP contribution in [0.5, 0.6) is 0 Å². The molecule has 2 aromatic heterocycles. The van der Waals surface area contributed by atoms with Crippen molar-refractivity contribution in [3.05, 3.63) is 65.6 Å². The van der Waals surface area contributed by atoms with Crippen LogP contribution in [0.15, 0.2) is 53.7 Å². The Hall–Kier alpha value is -3.82. The minimum atomic E-state index is -0.565. The first-order valence-electron chi connectivity index (χ1n) is 8.94. The van der Waals surface area contributed by atoms with Gasteiger partial charge in [-0.3, -0.25) is 5.32 Å². The summed E-state index contributed by atoms with van der Waals surface area (Å²) >= 11 is 0. The van der Waals surface area contributed by atoms with E-state index in [1.165, 1.54) is 4.68 Å². The number of carbonyl (C=O) groups is 1. The molecule has 10 nitrogen and oxygen atoms in total. The third-order valence-electron chi connectivity index (χ3n) is 3.63. The van der Waals surface area contributed by atoms with E-state index in [0.717, 1.165) is 5.56 Å². The SMILES string of the molecule is CC(C)OC(=O)Nc1cccc(CO/N=C(/c2ccccc2)c2nnnn2C)n1. The third-order valence-corrected chi connectivity index (χ3v) is 3.63. The largest absolute Gasteiger partial charge is 0.447 e. The summed E-state index contributed by atoms with van der Waals surface area (Å²) in [5, 5.41) is 18.3. The maximum atomic E-state index is 11.7. The van der Waals surface area contributed by atoms with E-state index in [4.69, 9.17) is 9.57 Å². The Kier molecular flexibility index (Phi) is 6.46. The number of aryl methyl sites for hydroxylation is 1. The van der Waals surface area contributed by atoms with Gasteiger partial charge in [0.05, 0.1) is 11.8 Å². The molecule has 0 aliphatic rings. The van der Waals surface area contributed by atoms with E-state index in [0.29, 0.717) is 23.0 Å². The molecule has 0 spiro atoms. The number of aromatic nitrogens is 5. The number of nitrogens with one attached hydrogen (secondary N) is 1. The number of hydrogen-bond acceptors (Lipinski definition) is 8. The molecule has 0 saturated carbocycles. The van der Waals surface area contributed by atoms with Gasteiger partial charge in [0.1, 0.15) is 5.82 Å². The zero-order valence-electron chi connectivity index (χ0n) is 16.3. The Balaban J connectivity index is 1.72. The molecule has 150 valence electrons. The van der Waals surface area contributed by atoms with E-state index in [1.54, 1.807) is 39.1 Å². The zero-order chi connectivity index (χ0) is 20.6. The van der Waals surface area contributed by atoms with E-state index in [2.05, 4.69) is 31.0 Å². The Morgan fingerprint density at radius 2 is 1.97 bits per heavy atom. The molecule has 1 amide bonds. The predicted molar refractivity (Wildman–Crippen MR) is 105 cm³/mol. The van der Waals surface area contributed by atoms with Gasteiger partial charge in [0.25, 0.3) is 0 Å². The smallest absolute Gasteiger partial charge is 0.413 e. The Bertz CT molecular complexity index is 986. The van der Waals surface area contributed by atoms with Crippen molar-refractivity contribution in [1.82, 2.24) is 25.2 Å². The van der Waals surface area contributed by atoms with Crippen LogP contribution in [0, 0.1) is 0 Å². The second-order valence-corrected chi connectivity index (χ2v) is 6.30. The van der Waals surface area contributed by atoms with Crippen LogP contribution < -0.4 is 5.32 Å². The van der Waals surface area contributed by atoms with Crippen LogP contribution >= 0.6 is 0 Å². The molecule has 0 atom stereocenters. The number of amides is 1. The summed E-state index contributed by atoms with van der Waals surface area (Å²) in [6.45, 7) is 3.63. The van der Waals surface area contributed by atoms with Crippen LogP contribution in [0.4, 0.5) is 10.6 Å². The quantitative estimate of drug-likeness (QED) is 0.482. The van der Waals surface area contributed by atoms with E-state index in [1.807, 2.05) is 30.3 Å². The molecular weight excluding hydrogens is 374 g/mol. The number of ether oxygens (including phenoxy) is 1. The van der Waals surface area contributed by atoms with Crippen LogP contribution in [0.3, 0.4) is 0 Å². The molecule has 0 bridgehead atoms. The van der Waals surface area contributed by atoms with Crippen molar-refractivity contribution in [2.75, 3.05) is 5.32 Å². The maximum absolute atomic E-state index is 11.7. The van der Waals surface area contributed by atoms with Crippen LogP contribution in [0.2, 0.25) is 0 Å². The van der Waals surface area contributed by atoms with E-state index in [-0.39, 0.29) is 12.7 Å². The highest BCUT2D eigenvalue weighted by molar-refractivity contribution is 6.10. The average molecular weight is 395 g/mol. The zero-order valence-corrected chi connectivity index (χ0v) is 16.3. The van der Waals surface area contributed by atoms with Crippen LogP contribution in [0.25, 0.3) is 0 Å². The van der Waals surface area contributed by atoms with Crippen molar-refractivity contribution >= 4 is 17.6 Å². The molecule has 0 saturated heterocycles. The van der Waals surface area contributed by atoms with Gasteiger partial charge in [0.2, 0.25) is 5.82 Å². The number of tetrazole rings is 1. The molecule has 0 aliphatic carbocycles. The van der Waals surface area contributed by atoms with Crippen molar-refractivity contribution < 1.29 is 14.4 Å². The second-order valence-electron chi connectivity index (χ2n) is 6.30. The summed E-state index contributed by atoms with van der Waals surface area (Å²) in [5.74, 6) is 0.831. The average Bonchev–Trinajstić information content (AvgIpc) is 3.11. The fourth-order valence-electron chi connectivity index (χ4n) is 2.39. The monoisotopic (exact) mass is 395 g/mol. The highest BCUT2D eigenvalue weighted by Gasteiger charge is 2.15. The van der Waals surface area contributed by atoms with Gasteiger partial charge in [-0.15, -0.1) is 5.10 Å². The summed E-state index contributed by atoms with van der Waals surface area (Å²) in [6.07, 6.45) is -0.785. The number of rotatable bonds is 7. The van der Waals surface area contributed by atoms with Crippen molar-refractivity contribution in [3.8, 4) is 0 Å². The lowest BCUT2D eigenvalue weighted by molar-refractivity contribution is 0.127. The summed E-state index contributed by atoms with van der Waals surface area (Å²) in [6, 6.07) is 14.6. The Morgan fingerprint density at radius 1 is 1.17 bits per heavy atom. The highest BCUT2D eigenvalue weighted by atomic mass is 16.6. The van der Waals surface area contributed by atoms with Crippen LogP contribution in [0.1, 0.15) is 30.9 Å². The normalized spacial score (nSPS) is 11.4. The second kappa shape index (κ2) is 9.40. The van der Waals surface area contributed by atoms with Crippen molar-refractivity contribution in [3.63, 3.8) is 0 Å². The van der Waals surface area contributed by atoms with Gasteiger partial charge >= 0.3 is 6.09 Å². The van der Waals surface area contributed by atoms with Gasteiger partial charge in [0, 0.05) is 12.6 Å². The topological polar surface area (TPSA) is 116 Å². The lowest BCUT2D eigenvalue weighted by Gasteiger charge is -2.09. The molecule has 1 N–H and O–H groups in total. The lowest BCUT2D eigenvalue weighted by atomic mass is 10.1. The van der Waals surface area contributed by atoms with Crippen molar-refractivity contribution in [2.24, 2.45) is 12.2 Å².